The van der Waals surface area contributed by atoms with Crippen LogP contribution in [0.3, 0.4) is 0 Å². The van der Waals surface area contributed by atoms with Gasteiger partial charge in [0, 0.05) is 43.0 Å². The molecule has 0 fully saturated rings. The summed E-state index contributed by atoms with van der Waals surface area (Å²) in [4.78, 5) is 12.3. The maximum absolute atomic E-state index is 12.3. The highest BCUT2D eigenvalue weighted by Gasteiger charge is 2.18. The summed E-state index contributed by atoms with van der Waals surface area (Å²) in [6.45, 7) is 7.71. The number of aryl methyl sites for hydroxylation is 1. The van der Waals surface area contributed by atoms with Gasteiger partial charge in [0.05, 0.1) is 5.02 Å². The van der Waals surface area contributed by atoms with E-state index in [0.29, 0.717) is 35.4 Å². The van der Waals surface area contributed by atoms with Crippen molar-refractivity contribution in [3.63, 3.8) is 0 Å². The summed E-state index contributed by atoms with van der Waals surface area (Å²) in [5.41, 5.74) is 4.39. The van der Waals surface area contributed by atoms with E-state index in [9.17, 15) is 4.79 Å². The highest BCUT2D eigenvalue weighted by atomic mass is 35.5. The fourth-order valence-corrected chi connectivity index (χ4v) is 5.26. The molecule has 0 saturated carbocycles. The summed E-state index contributed by atoms with van der Waals surface area (Å²) in [5.74, 6) is 1.66. The first-order valence-corrected chi connectivity index (χ1v) is 12.6. The zero-order chi connectivity index (χ0) is 24.2. The van der Waals surface area contributed by atoms with Crippen LogP contribution < -0.4 is 5.63 Å². The molecule has 0 radical (unpaired) electrons. The lowest BCUT2D eigenvalue weighted by molar-refractivity contribution is 0.189. The molecule has 4 rings (SSSR count). The van der Waals surface area contributed by atoms with Crippen molar-refractivity contribution < 1.29 is 9.15 Å². The highest BCUT2D eigenvalue weighted by Crippen LogP contribution is 2.33. The van der Waals surface area contributed by atoms with Gasteiger partial charge in [-0.25, -0.2) is 4.79 Å². The number of methoxy groups -OCH3 is 1. The van der Waals surface area contributed by atoms with Gasteiger partial charge in [0.1, 0.15) is 5.58 Å². The molecule has 0 unspecified atom stereocenters. The molecule has 0 N–H and O–H groups in total. The van der Waals surface area contributed by atoms with Crippen molar-refractivity contribution in [1.82, 2.24) is 14.8 Å². The number of rotatable bonds is 9. The normalized spacial score (nSPS) is 11.6. The van der Waals surface area contributed by atoms with Crippen molar-refractivity contribution in [3.8, 4) is 11.4 Å². The molecule has 2 aromatic carbocycles. The van der Waals surface area contributed by atoms with Crippen molar-refractivity contribution >= 4 is 34.3 Å². The van der Waals surface area contributed by atoms with Gasteiger partial charge in [0.2, 0.25) is 0 Å². The number of ether oxygens (including phenoxy) is 1. The summed E-state index contributed by atoms with van der Waals surface area (Å²) < 4.78 is 12.8. The number of nitrogens with zero attached hydrogens (tertiary/aromatic N) is 3. The number of halogens is 1. The van der Waals surface area contributed by atoms with Crippen LogP contribution >= 0.6 is 23.4 Å². The monoisotopic (exact) mass is 497 g/mol. The molecule has 8 heteroatoms. The molecule has 6 nitrogen and oxygen atoms in total. The minimum Gasteiger partial charge on any atom is -0.423 e. The summed E-state index contributed by atoms with van der Waals surface area (Å²) in [6, 6.07) is 13.3. The van der Waals surface area contributed by atoms with Crippen molar-refractivity contribution in [3.05, 3.63) is 74.6 Å². The third-order valence-electron chi connectivity index (χ3n) is 5.76. The number of thioether (sulfide) groups is 1. The molecule has 0 aliphatic carbocycles. The van der Waals surface area contributed by atoms with Gasteiger partial charge in [-0.15, -0.1) is 10.2 Å². The van der Waals surface area contributed by atoms with Gasteiger partial charge in [0.15, 0.2) is 11.0 Å². The first-order valence-electron chi connectivity index (χ1n) is 11.3. The van der Waals surface area contributed by atoms with Crippen LogP contribution in [0.5, 0.6) is 0 Å². The third kappa shape index (κ3) is 5.22. The Kier molecular flexibility index (Phi) is 7.76. The predicted octanol–water partition coefficient (Wildman–Crippen LogP) is 6.47. The van der Waals surface area contributed by atoms with E-state index in [1.165, 1.54) is 5.56 Å². The largest absolute Gasteiger partial charge is 0.423 e. The Morgan fingerprint density at radius 3 is 2.71 bits per heavy atom. The molecule has 0 spiro atoms. The van der Waals surface area contributed by atoms with Crippen molar-refractivity contribution in [1.29, 1.82) is 0 Å². The number of hydrogen-bond donors (Lipinski definition) is 0. The van der Waals surface area contributed by atoms with E-state index >= 15 is 0 Å². The van der Waals surface area contributed by atoms with Crippen LogP contribution in [-0.2, 0) is 17.0 Å². The van der Waals surface area contributed by atoms with Gasteiger partial charge in [-0.05, 0) is 60.2 Å². The van der Waals surface area contributed by atoms with Gasteiger partial charge in [0.25, 0.3) is 0 Å². The van der Waals surface area contributed by atoms with Gasteiger partial charge < -0.3 is 13.7 Å². The Morgan fingerprint density at radius 2 is 1.97 bits per heavy atom. The lowest BCUT2D eigenvalue weighted by Gasteiger charge is -2.13. The minimum absolute atomic E-state index is 0.349. The second kappa shape index (κ2) is 10.8. The van der Waals surface area contributed by atoms with E-state index in [1.54, 1.807) is 24.9 Å². The van der Waals surface area contributed by atoms with Crippen molar-refractivity contribution in [2.24, 2.45) is 0 Å². The molecule has 0 aliphatic heterocycles. The fourth-order valence-electron chi connectivity index (χ4n) is 4.08. The number of fused-ring (bicyclic) bond motifs is 1. The van der Waals surface area contributed by atoms with E-state index in [-0.39, 0.29) is 5.63 Å². The predicted molar refractivity (Wildman–Crippen MR) is 138 cm³/mol. The van der Waals surface area contributed by atoms with Crippen LogP contribution in [-0.4, -0.2) is 28.5 Å². The molecular weight excluding hydrogens is 470 g/mol. The Labute approximate surface area is 208 Å². The van der Waals surface area contributed by atoms with E-state index in [1.807, 2.05) is 30.3 Å². The molecule has 0 atom stereocenters. The summed E-state index contributed by atoms with van der Waals surface area (Å²) in [6.07, 6.45) is 0.814. The van der Waals surface area contributed by atoms with Gasteiger partial charge in [-0.1, -0.05) is 49.3 Å². The number of aromatic nitrogens is 3. The zero-order valence-electron chi connectivity index (χ0n) is 19.8. The molecule has 0 amide bonds. The zero-order valence-corrected chi connectivity index (χ0v) is 21.4. The van der Waals surface area contributed by atoms with Crippen LogP contribution in [0.4, 0.5) is 0 Å². The number of hydrogen-bond acceptors (Lipinski definition) is 6. The van der Waals surface area contributed by atoms with Gasteiger partial charge >= 0.3 is 5.63 Å². The Hall–Kier alpha value is -2.61. The van der Waals surface area contributed by atoms with Crippen LogP contribution in [0.1, 0.15) is 42.9 Å². The molecule has 34 heavy (non-hydrogen) atoms. The third-order valence-corrected chi connectivity index (χ3v) is 7.10. The Bertz CT molecular complexity index is 1360. The maximum atomic E-state index is 12.3. The van der Waals surface area contributed by atoms with Crippen LogP contribution in [0.2, 0.25) is 5.02 Å². The first kappa shape index (κ1) is 24.5. The fraction of sp³-hybridized carbons (Fsp3) is 0.346. The average molecular weight is 498 g/mol. The SMILES string of the molecule is COCCCn1c(SCc2cc(=O)oc3cc(C)c(C(C)C)cc23)nnc1-c1ccccc1Cl. The van der Waals surface area contributed by atoms with Crippen LogP contribution in [0, 0.1) is 6.92 Å². The van der Waals surface area contributed by atoms with Crippen LogP contribution in [0.25, 0.3) is 22.4 Å². The standard InChI is InChI=1S/C26H28ClN3O3S/c1-16(2)20-14-21-18(13-24(31)33-23(21)12-17(20)3)15-34-26-29-28-25(30(26)10-7-11-32-4)19-8-5-6-9-22(19)27/h5-6,8-9,12-14,16H,7,10-11,15H2,1-4H3. The Morgan fingerprint density at radius 1 is 1.18 bits per heavy atom. The molecule has 0 saturated heterocycles. The topological polar surface area (TPSA) is 70.2 Å². The molecular formula is C26H28ClN3O3S. The van der Waals surface area contributed by atoms with Crippen LogP contribution in [0.15, 0.2) is 56.8 Å². The van der Waals surface area contributed by atoms with E-state index in [4.69, 9.17) is 20.8 Å². The maximum Gasteiger partial charge on any atom is 0.336 e. The molecule has 0 aliphatic rings. The van der Waals surface area contributed by atoms with Crippen molar-refractivity contribution in [2.45, 2.75) is 50.6 Å². The smallest absolute Gasteiger partial charge is 0.336 e. The lowest BCUT2D eigenvalue weighted by Crippen LogP contribution is -2.06. The second-order valence-corrected chi connectivity index (χ2v) is 9.87. The van der Waals surface area contributed by atoms with Gasteiger partial charge in [-0.2, -0.15) is 0 Å². The van der Waals surface area contributed by atoms with E-state index in [0.717, 1.165) is 39.5 Å². The minimum atomic E-state index is -0.349. The molecule has 4 aromatic rings. The molecule has 2 heterocycles. The van der Waals surface area contributed by atoms with Gasteiger partial charge in [-0.3, -0.25) is 0 Å². The average Bonchev–Trinajstić information content (AvgIpc) is 3.19. The second-order valence-electron chi connectivity index (χ2n) is 8.52. The molecule has 178 valence electrons. The lowest BCUT2D eigenvalue weighted by atomic mass is 9.95. The Balaban J connectivity index is 1.70. The first-order chi connectivity index (χ1) is 16.4. The summed E-state index contributed by atoms with van der Waals surface area (Å²) in [5, 5.41) is 11.3. The number of benzene rings is 2. The van der Waals surface area contributed by atoms with E-state index in [2.05, 4.69) is 41.6 Å². The molecule has 0 bridgehead atoms. The quantitative estimate of drug-likeness (QED) is 0.150. The highest BCUT2D eigenvalue weighted by molar-refractivity contribution is 7.98. The van der Waals surface area contributed by atoms with Crippen molar-refractivity contribution in [2.75, 3.05) is 13.7 Å². The van der Waals surface area contributed by atoms with E-state index < -0.39 is 0 Å². The summed E-state index contributed by atoms with van der Waals surface area (Å²) >= 11 is 8.00. The summed E-state index contributed by atoms with van der Waals surface area (Å²) in [7, 11) is 1.69. The molecule has 2 aromatic heterocycles.